The second-order valence-electron chi connectivity index (χ2n) is 5.86. The van der Waals surface area contributed by atoms with Crippen LogP contribution in [-0.4, -0.2) is 26.2 Å². The summed E-state index contributed by atoms with van der Waals surface area (Å²) in [6.45, 7) is 4.72. The van der Waals surface area contributed by atoms with E-state index in [4.69, 9.17) is 25.2 Å². The van der Waals surface area contributed by atoms with E-state index in [1.807, 2.05) is 32.0 Å². The molecule has 0 atom stereocenters. The average molecular weight is 366 g/mol. The van der Waals surface area contributed by atoms with Gasteiger partial charge < -0.3 is 19.9 Å². The first-order valence-corrected chi connectivity index (χ1v) is 8.37. The first-order chi connectivity index (χ1) is 13.0. The predicted molar refractivity (Wildman–Crippen MR) is 103 cm³/mol. The summed E-state index contributed by atoms with van der Waals surface area (Å²) < 4.78 is 16.9. The van der Waals surface area contributed by atoms with Crippen LogP contribution in [0.15, 0.2) is 42.0 Å². The average Bonchev–Trinajstić information content (AvgIpc) is 2.65. The first kappa shape index (κ1) is 19.9. The zero-order valence-corrected chi connectivity index (χ0v) is 15.6. The van der Waals surface area contributed by atoms with Gasteiger partial charge in [0, 0.05) is 0 Å². The number of primary amides is 1. The lowest BCUT2D eigenvalue weighted by Crippen LogP contribution is -2.12. The molecule has 0 aromatic heterocycles. The molecule has 0 bridgehead atoms. The molecule has 0 unspecified atom stereocenters. The van der Waals surface area contributed by atoms with Crippen LogP contribution in [0.2, 0.25) is 0 Å². The smallest absolute Gasteiger partial charge is 0.259 e. The lowest BCUT2D eigenvalue weighted by molar-refractivity contribution is -0.114. The van der Waals surface area contributed by atoms with Crippen molar-refractivity contribution in [2.75, 3.05) is 20.3 Å². The SMILES string of the molecule is COc1cc(/C=C(/C#N)C(N)=O)ccc1OCCOc1c(C)cccc1C. The van der Waals surface area contributed by atoms with Crippen molar-refractivity contribution < 1.29 is 19.0 Å². The maximum absolute atomic E-state index is 11.2. The van der Waals surface area contributed by atoms with Gasteiger partial charge in [0.2, 0.25) is 0 Å². The van der Waals surface area contributed by atoms with Crippen molar-refractivity contribution in [3.63, 3.8) is 0 Å². The van der Waals surface area contributed by atoms with E-state index in [1.165, 1.54) is 13.2 Å². The summed E-state index contributed by atoms with van der Waals surface area (Å²) in [6, 6.07) is 12.8. The molecular weight excluding hydrogens is 344 g/mol. The van der Waals surface area contributed by atoms with E-state index < -0.39 is 5.91 Å². The Morgan fingerprint density at radius 1 is 1.11 bits per heavy atom. The van der Waals surface area contributed by atoms with Gasteiger partial charge in [0.25, 0.3) is 5.91 Å². The van der Waals surface area contributed by atoms with Gasteiger partial charge in [0.1, 0.15) is 30.6 Å². The first-order valence-electron chi connectivity index (χ1n) is 8.37. The molecule has 0 spiro atoms. The summed E-state index contributed by atoms with van der Waals surface area (Å²) >= 11 is 0. The number of ether oxygens (including phenoxy) is 3. The minimum absolute atomic E-state index is 0.132. The van der Waals surface area contributed by atoms with Crippen LogP contribution >= 0.6 is 0 Å². The van der Waals surface area contributed by atoms with E-state index >= 15 is 0 Å². The fourth-order valence-electron chi connectivity index (χ4n) is 2.54. The molecule has 0 saturated carbocycles. The standard InChI is InChI=1S/C21H22N2O4/c1-14-5-4-6-15(2)20(14)27-10-9-26-18-8-7-16(12-19(18)25-3)11-17(13-22)21(23)24/h4-8,11-12H,9-10H2,1-3H3,(H2,23,24)/b17-11-. The van der Waals surface area contributed by atoms with Crippen molar-refractivity contribution >= 4 is 12.0 Å². The number of carbonyl (C=O) groups excluding carboxylic acids is 1. The number of hydrogen-bond donors (Lipinski definition) is 1. The number of rotatable bonds is 8. The largest absolute Gasteiger partial charge is 0.493 e. The van der Waals surface area contributed by atoms with Gasteiger partial charge in [-0.2, -0.15) is 5.26 Å². The molecule has 1 amide bonds. The molecule has 2 aromatic rings. The molecule has 2 N–H and O–H groups in total. The van der Waals surface area contributed by atoms with Gasteiger partial charge in [-0.05, 0) is 48.7 Å². The predicted octanol–water partition coefficient (Wildman–Crippen LogP) is 3.16. The number of nitrogens with zero attached hydrogens (tertiary/aromatic N) is 1. The summed E-state index contributed by atoms with van der Waals surface area (Å²) in [7, 11) is 1.52. The topological polar surface area (TPSA) is 94.6 Å². The molecule has 0 aliphatic heterocycles. The number of carbonyl (C=O) groups is 1. The minimum atomic E-state index is -0.777. The van der Waals surface area contributed by atoms with Gasteiger partial charge in [-0.15, -0.1) is 0 Å². The van der Waals surface area contributed by atoms with E-state index in [9.17, 15) is 4.79 Å². The highest BCUT2D eigenvalue weighted by atomic mass is 16.5. The molecule has 0 heterocycles. The second kappa shape index (κ2) is 9.30. The zero-order chi connectivity index (χ0) is 19.8. The zero-order valence-electron chi connectivity index (χ0n) is 15.6. The fourth-order valence-corrected chi connectivity index (χ4v) is 2.54. The summed E-state index contributed by atoms with van der Waals surface area (Å²) in [5.74, 6) is 1.11. The van der Waals surface area contributed by atoms with Crippen molar-refractivity contribution in [2.24, 2.45) is 5.73 Å². The Balaban J connectivity index is 2.03. The van der Waals surface area contributed by atoms with Crippen LogP contribution < -0.4 is 19.9 Å². The number of para-hydroxylation sites is 1. The van der Waals surface area contributed by atoms with Crippen molar-refractivity contribution in [1.29, 1.82) is 5.26 Å². The lowest BCUT2D eigenvalue weighted by Gasteiger charge is -2.14. The molecule has 0 saturated heterocycles. The van der Waals surface area contributed by atoms with Crippen LogP contribution in [0.1, 0.15) is 16.7 Å². The maximum atomic E-state index is 11.2. The molecule has 0 aliphatic rings. The Morgan fingerprint density at radius 2 is 1.78 bits per heavy atom. The molecule has 27 heavy (non-hydrogen) atoms. The third-order valence-electron chi connectivity index (χ3n) is 3.88. The van der Waals surface area contributed by atoms with Crippen LogP contribution in [0.5, 0.6) is 17.2 Å². The normalized spacial score (nSPS) is 10.8. The summed E-state index contributed by atoms with van der Waals surface area (Å²) in [4.78, 5) is 11.2. The summed E-state index contributed by atoms with van der Waals surface area (Å²) in [5.41, 5.74) is 7.78. The molecule has 2 rings (SSSR count). The number of methoxy groups -OCH3 is 1. The third-order valence-corrected chi connectivity index (χ3v) is 3.88. The highest BCUT2D eigenvalue weighted by Crippen LogP contribution is 2.29. The number of nitriles is 1. The van der Waals surface area contributed by atoms with Crippen LogP contribution in [0.3, 0.4) is 0 Å². The van der Waals surface area contributed by atoms with E-state index in [2.05, 4.69) is 0 Å². The van der Waals surface area contributed by atoms with Crippen LogP contribution in [-0.2, 0) is 4.79 Å². The molecule has 0 radical (unpaired) electrons. The maximum Gasteiger partial charge on any atom is 0.259 e. The fraction of sp³-hybridized carbons (Fsp3) is 0.238. The number of nitrogens with two attached hydrogens (primary N) is 1. The Hall–Kier alpha value is -3.46. The molecule has 140 valence electrons. The third kappa shape index (κ3) is 5.25. The highest BCUT2D eigenvalue weighted by molar-refractivity contribution is 6.00. The molecule has 6 nitrogen and oxygen atoms in total. The second-order valence-corrected chi connectivity index (χ2v) is 5.86. The van der Waals surface area contributed by atoms with E-state index in [0.717, 1.165) is 16.9 Å². The number of hydrogen-bond acceptors (Lipinski definition) is 5. The van der Waals surface area contributed by atoms with Crippen LogP contribution in [0.4, 0.5) is 0 Å². The van der Waals surface area contributed by atoms with Crippen molar-refractivity contribution in [3.05, 3.63) is 58.7 Å². The van der Waals surface area contributed by atoms with Gasteiger partial charge in [0.15, 0.2) is 11.5 Å². The minimum Gasteiger partial charge on any atom is -0.493 e. The number of amides is 1. The van der Waals surface area contributed by atoms with E-state index in [0.29, 0.717) is 30.3 Å². The Labute approximate surface area is 158 Å². The van der Waals surface area contributed by atoms with Gasteiger partial charge in [-0.3, -0.25) is 4.79 Å². The van der Waals surface area contributed by atoms with Crippen LogP contribution in [0, 0.1) is 25.2 Å². The van der Waals surface area contributed by atoms with Gasteiger partial charge >= 0.3 is 0 Å². The van der Waals surface area contributed by atoms with Crippen LogP contribution in [0.25, 0.3) is 6.08 Å². The van der Waals surface area contributed by atoms with Gasteiger partial charge in [-0.1, -0.05) is 24.3 Å². The highest BCUT2D eigenvalue weighted by Gasteiger charge is 2.09. The number of aryl methyl sites for hydroxylation is 2. The summed E-state index contributed by atoms with van der Waals surface area (Å²) in [6.07, 6.45) is 1.40. The molecule has 6 heteroatoms. The molecular formula is C21H22N2O4. The summed E-state index contributed by atoms with van der Waals surface area (Å²) in [5, 5.41) is 8.93. The monoisotopic (exact) mass is 366 g/mol. The van der Waals surface area contributed by atoms with Crippen molar-refractivity contribution in [3.8, 4) is 23.3 Å². The van der Waals surface area contributed by atoms with E-state index in [1.54, 1.807) is 24.3 Å². The Bertz CT molecular complexity index is 877. The quantitative estimate of drug-likeness (QED) is 0.440. The Kier molecular flexibility index (Phi) is 6.84. The van der Waals surface area contributed by atoms with E-state index in [-0.39, 0.29) is 5.57 Å². The molecule has 0 aliphatic carbocycles. The lowest BCUT2D eigenvalue weighted by atomic mass is 10.1. The van der Waals surface area contributed by atoms with Crippen molar-refractivity contribution in [1.82, 2.24) is 0 Å². The Morgan fingerprint density at radius 3 is 2.37 bits per heavy atom. The van der Waals surface area contributed by atoms with Gasteiger partial charge in [-0.25, -0.2) is 0 Å². The van der Waals surface area contributed by atoms with Crippen molar-refractivity contribution in [2.45, 2.75) is 13.8 Å². The molecule has 0 fully saturated rings. The number of benzene rings is 2. The van der Waals surface area contributed by atoms with Gasteiger partial charge in [0.05, 0.1) is 7.11 Å². The molecule has 2 aromatic carbocycles.